The predicted molar refractivity (Wildman–Crippen MR) is 74.1 cm³/mol. The van der Waals surface area contributed by atoms with Crippen LogP contribution in [-0.4, -0.2) is 64.4 Å². The molecule has 8 heteroatoms. The first kappa shape index (κ1) is 13.5. The SMILES string of the molecule is COc1nc(Cl)nc2ncn(CCN3CCOCC3)c12. The molecule has 0 unspecified atom stereocenters. The Bertz CT molecular complexity index is 597. The minimum atomic E-state index is 0.146. The summed E-state index contributed by atoms with van der Waals surface area (Å²) in [5.74, 6) is 0.458. The maximum atomic E-state index is 5.84. The van der Waals surface area contributed by atoms with Crippen molar-refractivity contribution in [1.82, 2.24) is 24.4 Å². The van der Waals surface area contributed by atoms with Crippen molar-refractivity contribution in [1.29, 1.82) is 0 Å². The first-order chi connectivity index (χ1) is 9.78. The Labute approximate surface area is 121 Å². The molecule has 20 heavy (non-hydrogen) atoms. The van der Waals surface area contributed by atoms with E-state index in [4.69, 9.17) is 21.1 Å². The van der Waals surface area contributed by atoms with Gasteiger partial charge in [-0.05, 0) is 11.6 Å². The molecule has 0 aromatic carbocycles. The van der Waals surface area contributed by atoms with Gasteiger partial charge in [-0.15, -0.1) is 0 Å². The van der Waals surface area contributed by atoms with E-state index in [2.05, 4.69) is 19.9 Å². The number of rotatable bonds is 4. The monoisotopic (exact) mass is 297 g/mol. The van der Waals surface area contributed by atoms with Gasteiger partial charge in [0.05, 0.1) is 26.7 Å². The summed E-state index contributed by atoms with van der Waals surface area (Å²) in [5, 5.41) is 0.146. The fourth-order valence-corrected chi connectivity index (χ4v) is 2.46. The Kier molecular flexibility index (Phi) is 4.00. The zero-order valence-corrected chi connectivity index (χ0v) is 12.0. The molecule has 0 radical (unpaired) electrons. The van der Waals surface area contributed by atoms with Crippen molar-refractivity contribution in [3.05, 3.63) is 11.6 Å². The number of hydrogen-bond acceptors (Lipinski definition) is 6. The van der Waals surface area contributed by atoms with E-state index in [-0.39, 0.29) is 5.28 Å². The molecule has 2 aromatic heterocycles. The first-order valence-corrected chi connectivity index (χ1v) is 6.88. The highest BCUT2D eigenvalue weighted by Crippen LogP contribution is 2.23. The summed E-state index contributed by atoms with van der Waals surface area (Å²) in [7, 11) is 1.57. The molecular weight excluding hydrogens is 282 g/mol. The molecule has 0 saturated carbocycles. The number of ether oxygens (including phenoxy) is 2. The Hall–Kier alpha value is -1.44. The molecule has 0 spiro atoms. The molecule has 0 bridgehead atoms. The molecular formula is C12H16ClN5O2. The van der Waals surface area contributed by atoms with Crippen molar-refractivity contribution in [2.75, 3.05) is 40.0 Å². The van der Waals surface area contributed by atoms with E-state index in [1.807, 2.05) is 4.57 Å². The molecule has 3 rings (SSSR count). The van der Waals surface area contributed by atoms with Gasteiger partial charge in [0.2, 0.25) is 11.2 Å². The second-order valence-electron chi connectivity index (χ2n) is 4.57. The molecule has 7 nitrogen and oxygen atoms in total. The van der Waals surface area contributed by atoms with E-state index in [9.17, 15) is 0 Å². The fraction of sp³-hybridized carbons (Fsp3) is 0.583. The third-order valence-corrected chi connectivity index (χ3v) is 3.54. The Balaban J connectivity index is 1.80. The lowest BCUT2D eigenvalue weighted by molar-refractivity contribution is 0.0365. The van der Waals surface area contributed by atoms with Crippen LogP contribution in [0.3, 0.4) is 0 Å². The van der Waals surface area contributed by atoms with Crippen molar-refractivity contribution < 1.29 is 9.47 Å². The Morgan fingerprint density at radius 3 is 2.85 bits per heavy atom. The minimum Gasteiger partial charge on any atom is -0.479 e. The van der Waals surface area contributed by atoms with E-state index >= 15 is 0 Å². The summed E-state index contributed by atoms with van der Waals surface area (Å²) >= 11 is 5.84. The molecule has 0 atom stereocenters. The Morgan fingerprint density at radius 1 is 1.30 bits per heavy atom. The van der Waals surface area contributed by atoms with E-state index in [1.165, 1.54) is 0 Å². The maximum absolute atomic E-state index is 5.84. The van der Waals surface area contributed by atoms with Crippen LogP contribution in [0.1, 0.15) is 0 Å². The van der Waals surface area contributed by atoms with Gasteiger partial charge in [0.25, 0.3) is 0 Å². The highest BCUT2D eigenvalue weighted by molar-refractivity contribution is 6.28. The highest BCUT2D eigenvalue weighted by atomic mass is 35.5. The number of hydrogen-bond donors (Lipinski definition) is 0. The van der Waals surface area contributed by atoms with Crippen LogP contribution in [0.25, 0.3) is 11.2 Å². The average molecular weight is 298 g/mol. The largest absolute Gasteiger partial charge is 0.479 e. The first-order valence-electron chi connectivity index (χ1n) is 6.50. The molecule has 0 amide bonds. The number of halogens is 1. The summed E-state index contributed by atoms with van der Waals surface area (Å²) in [5.41, 5.74) is 1.34. The summed E-state index contributed by atoms with van der Waals surface area (Å²) in [6, 6.07) is 0. The number of methoxy groups -OCH3 is 1. The van der Waals surface area contributed by atoms with Crippen molar-refractivity contribution in [3.63, 3.8) is 0 Å². The smallest absolute Gasteiger partial charge is 0.244 e. The summed E-state index contributed by atoms with van der Waals surface area (Å²) in [4.78, 5) is 14.8. The molecule has 1 aliphatic rings. The number of imidazole rings is 1. The highest BCUT2D eigenvalue weighted by Gasteiger charge is 2.15. The van der Waals surface area contributed by atoms with Gasteiger partial charge >= 0.3 is 0 Å². The van der Waals surface area contributed by atoms with Gasteiger partial charge in [-0.25, -0.2) is 4.98 Å². The van der Waals surface area contributed by atoms with Crippen LogP contribution in [-0.2, 0) is 11.3 Å². The lowest BCUT2D eigenvalue weighted by Crippen LogP contribution is -2.38. The van der Waals surface area contributed by atoms with Crippen LogP contribution in [0.2, 0.25) is 5.28 Å². The summed E-state index contributed by atoms with van der Waals surface area (Å²) in [6.07, 6.45) is 1.75. The molecule has 1 aliphatic heterocycles. The number of nitrogens with zero attached hydrogens (tertiary/aromatic N) is 5. The standard InChI is InChI=1S/C12H16ClN5O2/c1-19-11-9-10(15-12(13)16-11)14-8-18(9)3-2-17-4-6-20-7-5-17/h8H,2-7H2,1H3. The summed E-state index contributed by atoms with van der Waals surface area (Å²) < 4.78 is 12.6. The van der Waals surface area contributed by atoms with E-state index in [0.717, 1.165) is 44.9 Å². The topological polar surface area (TPSA) is 65.3 Å². The number of aromatic nitrogens is 4. The lowest BCUT2D eigenvalue weighted by atomic mass is 10.4. The van der Waals surface area contributed by atoms with Gasteiger partial charge in [0.15, 0.2) is 11.2 Å². The maximum Gasteiger partial charge on any atom is 0.244 e. The molecule has 0 aliphatic carbocycles. The molecule has 1 saturated heterocycles. The normalized spacial score (nSPS) is 16.7. The van der Waals surface area contributed by atoms with Crippen LogP contribution in [0.15, 0.2) is 6.33 Å². The average Bonchev–Trinajstić information content (AvgIpc) is 2.88. The van der Waals surface area contributed by atoms with Crippen molar-refractivity contribution in [3.8, 4) is 5.88 Å². The van der Waals surface area contributed by atoms with Crippen LogP contribution >= 0.6 is 11.6 Å². The van der Waals surface area contributed by atoms with Gasteiger partial charge in [0, 0.05) is 26.2 Å². The van der Waals surface area contributed by atoms with E-state index < -0.39 is 0 Å². The summed E-state index contributed by atoms with van der Waals surface area (Å²) in [6.45, 7) is 5.26. The molecule has 3 heterocycles. The molecule has 108 valence electrons. The fourth-order valence-electron chi connectivity index (χ4n) is 2.31. The van der Waals surface area contributed by atoms with Crippen LogP contribution in [0, 0.1) is 0 Å². The van der Waals surface area contributed by atoms with Crippen molar-refractivity contribution in [2.24, 2.45) is 0 Å². The van der Waals surface area contributed by atoms with Gasteiger partial charge in [0.1, 0.15) is 0 Å². The zero-order valence-electron chi connectivity index (χ0n) is 11.3. The van der Waals surface area contributed by atoms with Crippen LogP contribution in [0.5, 0.6) is 5.88 Å². The quantitative estimate of drug-likeness (QED) is 0.779. The van der Waals surface area contributed by atoms with Gasteiger partial charge in [-0.3, -0.25) is 4.90 Å². The zero-order chi connectivity index (χ0) is 13.9. The third-order valence-electron chi connectivity index (χ3n) is 3.37. The molecule has 2 aromatic rings. The molecule has 1 fully saturated rings. The van der Waals surface area contributed by atoms with E-state index in [1.54, 1.807) is 13.4 Å². The lowest BCUT2D eigenvalue weighted by Gasteiger charge is -2.26. The third kappa shape index (κ3) is 2.70. The second-order valence-corrected chi connectivity index (χ2v) is 4.90. The number of morpholine rings is 1. The molecule has 0 N–H and O–H groups in total. The van der Waals surface area contributed by atoms with Gasteiger partial charge in [-0.2, -0.15) is 9.97 Å². The Morgan fingerprint density at radius 2 is 2.10 bits per heavy atom. The predicted octanol–water partition coefficient (Wildman–Crippen LogP) is 0.820. The van der Waals surface area contributed by atoms with Crippen molar-refractivity contribution >= 4 is 22.8 Å². The van der Waals surface area contributed by atoms with E-state index in [0.29, 0.717) is 11.5 Å². The van der Waals surface area contributed by atoms with Gasteiger partial charge in [-0.1, -0.05) is 0 Å². The van der Waals surface area contributed by atoms with Gasteiger partial charge < -0.3 is 14.0 Å². The minimum absolute atomic E-state index is 0.146. The number of fused-ring (bicyclic) bond motifs is 1. The van der Waals surface area contributed by atoms with Crippen LogP contribution < -0.4 is 4.74 Å². The van der Waals surface area contributed by atoms with Crippen LogP contribution in [0.4, 0.5) is 0 Å². The second kappa shape index (κ2) is 5.90. The van der Waals surface area contributed by atoms with Crippen molar-refractivity contribution in [2.45, 2.75) is 6.54 Å².